The van der Waals surface area contributed by atoms with Crippen molar-refractivity contribution in [2.45, 2.75) is 77.5 Å². The quantitative estimate of drug-likeness (QED) is 0.673. The topological polar surface area (TPSA) is 61.4 Å². The number of anilines is 1. The van der Waals surface area contributed by atoms with Crippen molar-refractivity contribution < 1.29 is 4.79 Å². The minimum atomic E-state index is -0.254. The van der Waals surface area contributed by atoms with Gasteiger partial charge in [-0.1, -0.05) is 25.4 Å². The van der Waals surface area contributed by atoms with E-state index in [1.54, 1.807) is 0 Å². The van der Waals surface area contributed by atoms with Crippen LogP contribution in [0.25, 0.3) is 10.9 Å². The molecule has 174 valence electrons. The fourth-order valence-electron chi connectivity index (χ4n) is 5.54. The summed E-state index contributed by atoms with van der Waals surface area (Å²) in [4.78, 5) is 26.9. The number of fused-ring (bicyclic) bond motifs is 1. The third-order valence-electron chi connectivity index (χ3n) is 7.63. The highest BCUT2D eigenvalue weighted by Gasteiger charge is 2.43. The van der Waals surface area contributed by atoms with Crippen molar-refractivity contribution in [3.63, 3.8) is 0 Å². The smallest absolute Gasteiger partial charge is 0.245 e. The molecule has 6 nitrogen and oxygen atoms in total. The minimum absolute atomic E-state index is 0.199. The number of hydrogen-bond acceptors (Lipinski definition) is 5. The molecule has 2 heterocycles. The number of nitrogens with one attached hydrogen (secondary N) is 1. The van der Waals surface area contributed by atoms with Crippen LogP contribution >= 0.6 is 11.6 Å². The van der Waals surface area contributed by atoms with Crippen molar-refractivity contribution in [3.05, 3.63) is 29.5 Å². The van der Waals surface area contributed by atoms with Gasteiger partial charge in [-0.25, -0.2) is 9.97 Å². The fourth-order valence-corrected chi connectivity index (χ4v) is 5.71. The van der Waals surface area contributed by atoms with E-state index in [9.17, 15) is 4.79 Å². The van der Waals surface area contributed by atoms with Crippen LogP contribution in [-0.4, -0.2) is 63.4 Å². The third kappa shape index (κ3) is 4.58. The van der Waals surface area contributed by atoms with Gasteiger partial charge in [0.1, 0.15) is 18.2 Å². The Morgan fingerprint density at radius 1 is 1.16 bits per heavy atom. The maximum absolute atomic E-state index is 13.5. The number of aromatic nitrogens is 2. The normalized spacial score (nSPS) is 26.7. The summed E-state index contributed by atoms with van der Waals surface area (Å²) < 4.78 is 0. The van der Waals surface area contributed by atoms with Crippen LogP contribution in [0.1, 0.15) is 53.4 Å². The van der Waals surface area contributed by atoms with Crippen LogP contribution in [-0.2, 0) is 4.79 Å². The molecule has 2 aromatic rings. The van der Waals surface area contributed by atoms with Gasteiger partial charge in [0.2, 0.25) is 5.91 Å². The van der Waals surface area contributed by atoms with E-state index in [1.165, 1.54) is 6.33 Å². The van der Waals surface area contributed by atoms with Crippen molar-refractivity contribution in [1.82, 2.24) is 19.8 Å². The number of halogens is 1. The number of rotatable bonds is 6. The van der Waals surface area contributed by atoms with Gasteiger partial charge < -0.3 is 15.1 Å². The van der Waals surface area contributed by atoms with E-state index in [0.29, 0.717) is 40.8 Å². The van der Waals surface area contributed by atoms with Crippen LogP contribution in [0, 0.1) is 11.8 Å². The number of carbonyl (C=O) groups excluding carboxylic acids is 1. The largest absolute Gasteiger partial charge is 0.358 e. The summed E-state index contributed by atoms with van der Waals surface area (Å²) in [6, 6.07) is 6.77. The number of carbonyl (C=O) groups is 1. The number of benzene rings is 1. The molecule has 7 heteroatoms. The zero-order valence-corrected chi connectivity index (χ0v) is 20.6. The van der Waals surface area contributed by atoms with Crippen molar-refractivity contribution >= 4 is 34.2 Å². The van der Waals surface area contributed by atoms with Crippen LogP contribution in [0.4, 0.5) is 5.82 Å². The average molecular weight is 458 g/mol. The van der Waals surface area contributed by atoms with E-state index in [2.05, 4.69) is 59.8 Å². The number of hydrogen-bond donors (Lipinski definition) is 1. The SMILES string of the molecule is CC(C)[C@@H]1C[C@H](N(C)C(C)C)CC[C@@H]1N1CCC(Nc2ncnc3ccc(Cl)cc23)C1=O. The van der Waals surface area contributed by atoms with Crippen molar-refractivity contribution in [2.24, 2.45) is 11.8 Å². The molecule has 1 saturated heterocycles. The molecule has 0 spiro atoms. The molecule has 0 radical (unpaired) electrons. The van der Waals surface area contributed by atoms with Gasteiger partial charge in [0.25, 0.3) is 0 Å². The molecular formula is C25H36ClN5O. The zero-order chi connectivity index (χ0) is 23.0. The van der Waals surface area contributed by atoms with Crippen LogP contribution in [0.5, 0.6) is 0 Å². The molecule has 4 rings (SSSR count). The number of nitrogens with zero attached hydrogens (tertiary/aromatic N) is 4. The lowest BCUT2D eigenvalue weighted by Crippen LogP contribution is -2.52. The van der Waals surface area contributed by atoms with Gasteiger partial charge in [0, 0.05) is 35.1 Å². The van der Waals surface area contributed by atoms with Crippen LogP contribution in [0.15, 0.2) is 24.5 Å². The highest BCUT2D eigenvalue weighted by atomic mass is 35.5. The second-order valence-electron chi connectivity index (χ2n) is 10.1. The van der Waals surface area contributed by atoms with E-state index in [0.717, 1.165) is 43.1 Å². The first kappa shape index (κ1) is 23.2. The van der Waals surface area contributed by atoms with E-state index in [4.69, 9.17) is 11.6 Å². The first-order valence-corrected chi connectivity index (χ1v) is 12.3. The van der Waals surface area contributed by atoms with Gasteiger partial charge in [-0.05, 0) is 76.6 Å². The Balaban J connectivity index is 1.49. The predicted molar refractivity (Wildman–Crippen MR) is 131 cm³/mol. The Bertz CT molecular complexity index is 964. The molecule has 1 N–H and O–H groups in total. The van der Waals surface area contributed by atoms with Crippen LogP contribution in [0.2, 0.25) is 5.02 Å². The first-order chi connectivity index (χ1) is 15.3. The summed E-state index contributed by atoms with van der Waals surface area (Å²) in [6.45, 7) is 9.95. The van der Waals surface area contributed by atoms with E-state index < -0.39 is 0 Å². The Hall–Kier alpha value is -1.92. The number of likely N-dealkylation sites (tertiary alicyclic amines) is 1. The third-order valence-corrected chi connectivity index (χ3v) is 7.86. The minimum Gasteiger partial charge on any atom is -0.358 e. The molecule has 1 aromatic heterocycles. The molecule has 1 aliphatic heterocycles. The standard InChI is InChI=1S/C25H36ClN5O/c1-15(2)19-13-18(30(5)16(3)4)7-9-23(19)31-11-10-22(25(31)32)29-24-20-12-17(26)6-8-21(20)27-14-28-24/h6,8,12,14-16,18-19,22-23H,7,9-11,13H2,1-5H3,(H,27,28,29)/t18-,19+,22?,23+/m1/s1. The summed E-state index contributed by atoms with van der Waals surface area (Å²) in [6.07, 6.45) is 5.72. The molecule has 1 amide bonds. The first-order valence-electron chi connectivity index (χ1n) is 12.0. The second-order valence-corrected chi connectivity index (χ2v) is 10.5. The molecule has 32 heavy (non-hydrogen) atoms. The molecule has 2 fully saturated rings. The average Bonchev–Trinajstić information content (AvgIpc) is 3.13. The number of amides is 1. The lowest BCUT2D eigenvalue weighted by Gasteiger charge is -2.46. The van der Waals surface area contributed by atoms with Gasteiger partial charge in [0.15, 0.2) is 0 Å². The molecule has 1 aromatic carbocycles. The molecule has 1 aliphatic carbocycles. The summed E-state index contributed by atoms with van der Waals surface area (Å²) in [5, 5.41) is 4.89. The lowest BCUT2D eigenvalue weighted by molar-refractivity contribution is -0.133. The Kier molecular flexibility index (Phi) is 6.91. The van der Waals surface area contributed by atoms with Gasteiger partial charge in [-0.2, -0.15) is 0 Å². The second kappa shape index (κ2) is 9.52. The maximum Gasteiger partial charge on any atom is 0.245 e. The summed E-state index contributed by atoms with van der Waals surface area (Å²) in [5.74, 6) is 1.96. The molecule has 2 aliphatic rings. The summed E-state index contributed by atoms with van der Waals surface area (Å²) in [7, 11) is 2.24. The fraction of sp³-hybridized carbons (Fsp3) is 0.640. The van der Waals surface area contributed by atoms with Gasteiger partial charge >= 0.3 is 0 Å². The van der Waals surface area contributed by atoms with Gasteiger partial charge in [0.05, 0.1) is 5.52 Å². The zero-order valence-electron chi connectivity index (χ0n) is 19.9. The van der Waals surface area contributed by atoms with Crippen LogP contribution in [0.3, 0.4) is 0 Å². The highest BCUT2D eigenvalue weighted by molar-refractivity contribution is 6.31. The van der Waals surface area contributed by atoms with E-state index in [1.807, 2.05) is 18.2 Å². The summed E-state index contributed by atoms with van der Waals surface area (Å²) in [5.41, 5.74) is 0.821. The van der Waals surface area contributed by atoms with Gasteiger partial charge in [-0.15, -0.1) is 0 Å². The Labute approximate surface area is 196 Å². The van der Waals surface area contributed by atoms with Crippen molar-refractivity contribution in [2.75, 3.05) is 18.9 Å². The molecule has 4 atom stereocenters. The van der Waals surface area contributed by atoms with E-state index >= 15 is 0 Å². The maximum atomic E-state index is 13.5. The molecule has 1 saturated carbocycles. The van der Waals surface area contributed by atoms with Crippen molar-refractivity contribution in [1.29, 1.82) is 0 Å². The molecule has 1 unspecified atom stereocenters. The Morgan fingerprint density at radius 2 is 1.94 bits per heavy atom. The molecular weight excluding hydrogens is 422 g/mol. The van der Waals surface area contributed by atoms with E-state index in [-0.39, 0.29) is 11.9 Å². The monoisotopic (exact) mass is 457 g/mol. The lowest BCUT2D eigenvalue weighted by atomic mass is 9.74. The molecule has 0 bridgehead atoms. The predicted octanol–water partition coefficient (Wildman–Crippen LogP) is 4.83. The summed E-state index contributed by atoms with van der Waals surface area (Å²) >= 11 is 6.20. The van der Waals surface area contributed by atoms with Gasteiger partial charge in [-0.3, -0.25) is 4.79 Å². The Morgan fingerprint density at radius 3 is 2.66 bits per heavy atom. The highest BCUT2D eigenvalue weighted by Crippen LogP contribution is 2.38. The van der Waals surface area contributed by atoms with Crippen molar-refractivity contribution in [3.8, 4) is 0 Å². The van der Waals surface area contributed by atoms with Crippen LogP contribution < -0.4 is 5.32 Å².